The molecule has 0 unspecified atom stereocenters. The van der Waals surface area contributed by atoms with E-state index in [1.54, 1.807) is 6.92 Å². The fraction of sp³-hybridized carbons (Fsp3) is 0.438. The van der Waals surface area contributed by atoms with Gasteiger partial charge in [0.1, 0.15) is 5.75 Å². The van der Waals surface area contributed by atoms with Crippen molar-refractivity contribution in [3.05, 3.63) is 30.2 Å². The zero-order chi connectivity index (χ0) is 16.9. The normalized spacial score (nSPS) is 17.7. The zero-order valence-corrected chi connectivity index (χ0v) is 13.4. The summed E-state index contributed by atoms with van der Waals surface area (Å²) in [4.78, 5) is 12.4. The van der Waals surface area contributed by atoms with Crippen molar-refractivity contribution in [1.29, 1.82) is 0 Å². The summed E-state index contributed by atoms with van der Waals surface area (Å²) >= 11 is 0. The molecule has 0 spiro atoms. The van der Waals surface area contributed by atoms with Crippen molar-refractivity contribution in [1.82, 2.24) is 20.4 Å². The van der Waals surface area contributed by atoms with Crippen LogP contribution in [-0.4, -0.2) is 58.6 Å². The molecule has 0 saturated carbocycles. The largest absolute Gasteiger partial charge is 0.494 e. The SMILES string of the molecule is Cc1nnc(-c2cccc(OCC[C@@H]3CN(C(=O)O)CCN3)c2)o1. The number of hydrogen-bond acceptors (Lipinski definition) is 6. The molecular formula is C16H20N4O4. The minimum atomic E-state index is -0.870. The summed E-state index contributed by atoms with van der Waals surface area (Å²) in [5.41, 5.74) is 0.806. The molecule has 1 amide bonds. The van der Waals surface area contributed by atoms with Crippen LogP contribution in [0.15, 0.2) is 28.7 Å². The van der Waals surface area contributed by atoms with Crippen molar-refractivity contribution in [2.75, 3.05) is 26.2 Å². The van der Waals surface area contributed by atoms with Gasteiger partial charge >= 0.3 is 6.09 Å². The number of amides is 1. The number of piperazine rings is 1. The second kappa shape index (κ2) is 7.31. The maximum atomic E-state index is 11.0. The molecule has 2 heterocycles. The van der Waals surface area contributed by atoms with Crippen LogP contribution in [0.1, 0.15) is 12.3 Å². The number of carbonyl (C=O) groups is 1. The van der Waals surface area contributed by atoms with Gasteiger partial charge in [-0.2, -0.15) is 0 Å². The molecule has 8 nitrogen and oxygen atoms in total. The number of carboxylic acid groups (broad SMARTS) is 1. The molecule has 0 radical (unpaired) electrons. The van der Waals surface area contributed by atoms with E-state index >= 15 is 0 Å². The fourth-order valence-corrected chi connectivity index (χ4v) is 2.64. The highest BCUT2D eigenvalue weighted by Gasteiger charge is 2.22. The molecule has 1 aliphatic heterocycles. The average Bonchev–Trinajstić information content (AvgIpc) is 3.02. The Bertz CT molecular complexity index is 703. The van der Waals surface area contributed by atoms with Gasteiger partial charge in [-0.15, -0.1) is 10.2 Å². The third kappa shape index (κ3) is 4.02. The number of rotatable bonds is 5. The van der Waals surface area contributed by atoms with Crippen LogP contribution in [0, 0.1) is 6.92 Å². The maximum absolute atomic E-state index is 11.0. The van der Waals surface area contributed by atoms with E-state index in [9.17, 15) is 4.79 Å². The summed E-state index contributed by atoms with van der Waals surface area (Å²) in [6.07, 6.45) is -0.141. The van der Waals surface area contributed by atoms with Gasteiger partial charge in [0, 0.05) is 38.2 Å². The number of nitrogens with zero attached hydrogens (tertiary/aromatic N) is 3. The molecule has 1 saturated heterocycles. The highest BCUT2D eigenvalue weighted by atomic mass is 16.5. The summed E-state index contributed by atoms with van der Waals surface area (Å²) in [7, 11) is 0. The number of aryl methyl sites for hydroxylation is 1. The van der Waals surface area contributed by atoms with Crippen LogP contribution in [-0.2, 0) is 0 Å². The van der Waals surface area contributed by atoms with E-state index in [4.69, 9.17) is 14.3 Å². The van der Waals surface area contributed by atoms with Gasteiger partial charge in [-0.1, -0.05) is 6.07 Å². The van der Waals surface area contributed by atoms with Crippen LogP contribution in [0.3, 0.4) is 0 Å². The molecule has 8 heteroatoms. The molecule has 2 N–H and O–H groups in total. The summed E-state index contributed by atoms with van der Waals surface area (Å²) in [5.74, 6) is 1.70. The lowest BCUT2D eigenvalue weighted by atomic mass is 10.1. The first-order chi connectivity index (χ1) is 11.6. The number of ether oxygens (including phenoxy) is 1. The van der Waals surface area contributed by atoms with Gasteiger partial charge in [0.25, 0.3) is 0 Å². The molecule has 0 bridgehead atoms. The van der Waals surface area contributed by atoms with Crippen molar-refractivity contribution < 1.29 is 19.1 Å². The third-order valence-electron chi connectivity index (χ3n) is 3.87. The van der Waals surface area contributed by atoms with Crippen molar-refractivity contribution in [2.45, 2.75) is 19.4 Å². The Morgan fingerprint density at radius 2 is 2.38 bits per heavy atom. The van der Waals surface area contributed by atoms with Crippen LogP contribution in [0.2, 0.25) is 0 Å². The molecule has 2 aromatic rings. The molecule has 1 atom stereocenters. The van der Waals surface area contributed by atoms with E-state index < -0.39 is 6.09 Å². The minimum Gasteiger partial charge on any atom is -0.494 e. The Labute approximate surface area is 139 Å². The Kier molecular flexibility index (Phi) is 4.95. The van der Waals surface area contributed by atoms with Crippen LogP contribution < -0.4 is 10.1 Å². The van der Waals surface area contributed by atoms with E-state index in [1.807, 2.05) is 24.3 Å². The van der Waals surface area contributed by atoms with Gasteiger partial charge in [-0.3, -0.25) is 0 Å². The van der Waals surface area contributed by atoms with Crippen molar-refractivity contribution in [3.8, 4) is 17.2 Å². The Morgan fingerprint density at radius 3 is 3.12 bits per heavy atom. The minimum absolute atomic E-state index is 0.108. The predicted molar refractivity (Wildman–Crippen MR) is 86.0 cm³/mol. The lowest BCUT2D eigenvalue weighted by molar-refractivity contribution is 0.124. The van der Waals surface area contributed by atoms with Gasteiger partial charge < -0.3 is 24.5 Å². The van der Waals surface area contributed by atoms with Crippen molar-refractivity contribution in [2.24, 2.45) is 0 Å². The lowest BCUT2D eigenvalue weighted by Gasteiger charge is -2.31. The first-order valence-corrected chi connectivity index (χ1v) is 7.86. The quantitative estimate of drug-likeness (QED) is 0.860. The highest BCUT2D eigenvalue weighted by molar-refractivity contribution is 5.65. The van der Waals surface area contributed by atoms with E-state index in [2.05, 4.69) is 15.5 Å². The van der Waals surface area contributed by atoms with Crippen molar-refractivity contribution in [3.63, 3.8) is 0 Å². The standard InChI is InChI=1S/C16H20N4O4/c1-11-18-19-15(24-11)12-3-2-4-14(9-12)23-8-5-13-10-20(16(21)22)7-6-17-13/h2-4,9,13,17H,5-8,10H2,1H3,(H,21,22)/t13-/m1/s1. The van der Waals surface area contributed by atoms with Gasteiger partial charge in [0.15, 0.2) is 0 Å². The molecule has 1 aromatic carbocycles. The summed E-state index contributed by atoms with van der Waals surface area (Å²) in [5, 5.41) is 20.2. The summed E-state index contributed by atoms with van der Waals surface area (Å²) in [6, 6.07) is 7.58. The van der Waals surface area contributed by atoms with E-state index in [0.717, 1.165) is 12.0 Å². The molecule has 128 valence electrons. The first-order valence-electron chi connectivity index (χ1n) is 7.86. The van der Waals surface area contributed by atoms with Crippen LogP contribution >= 0.6 is 0 Å². The van der Waals surface area contributed by atoms with E-state index in [-0.39, 0.29) is 6.04 Å². The molecular weight excluding hydrogens is 312 g/mol. The van der Waals surface area contributed by atoms with Crippen LogP contribution in [0.4, 0.5) is 4.79 Å². The van der Waals surface area contributed by atoms with Gasteiger partial charge in [0.05, 0.1) is 6.61 Å². The Morgan fingerprint density at radius 1 is 1.50 bits per heavy atom. The van der Waals surface area contributed by atoms with E-state index in [0.29, 0.717) is 43.8 Å². The zero-order valence-electron chi connectivity index (χ0n) is 13.4. The molecule has 1 aliphatic rings. The average molecular weight is 332 g/mol. The van der Waals surface area contributed by atoms with Gasteiger partial charge in [0.2, 0.25) is 11.8 Å². The van der Waals surface area contributed by atoms with E-state index in [1.165, 1.54) is 4.90 Å². The maximum Gasteiger partial charge on any atom is 0.407 e. The molecule has 1 aromatic heterocycles. The monoisotopic (exact) mass is 332 g/mol. The Hall–Kier alpha value is -2.61. The summed E-state index contributed by atoms with van der Waals surface area (Å²) in [6.45, 7) is 3.92. The molecule has 1 fully saturated rings. The number of nitrogens with one attached hydrogen (secondary N) is 1. The smallest absolute Gasteiger partial charge is 0.407 e. The van der Waals surface area contributed by atoms with Crippen molar-refractivity contribution >= 4 is 6.09 Å². The number of benzene rings is 1. The molecule has 3 rings (SSSR count). The highest BCUT2D eigenvalue weighted by Crippen LogP contribution is 2.22. The molecule has 24 heavy (non-hydrogen) atoms. The second-order valence-electron chi connectivity index (χ2n) is 5.67. The van der Waals surface area contributed by atoms with Gasteiger partial charge in [-0.05, 0) is 24.6 Å². The Balaban J connectivity index is 1.53. The van der Waals surface area contributed by atoms with Crippen LogP contribution in [0.5, 0.6) is 5.75 Å². The molecule has 0 aliphatic carbocycles. The van der Waals surface area contributed by atoms with Gasteiger partial charge in [-0.25, -0.2) is 4.79 Å². The second-order valence-corrected chi connectivity index (χ2v) is 5.67. The fourth-order valence-electron chi connectivity index (χ4n) is 2.64. The third-order valence-corrected chi connectivity index (χ3v) is 3.87. The number of hydrogen-bond donors (Lipinski definition) is 2. The number of aromatic nitrogens is 2. The predicted octanol–water partition coefficient (Wildman–Crippen LogP) is 1.77. The topological polar surface area (TPSA) is 101 Å². The van der Waals surface area contributed by atoms with Crippen LogP contribution in [0.25, 0.3) is 11.5 Å². The first kappa shape index (κ1) is 16.3. The lowest BCUT2D eigenvalue weighted by Crippen LogP contribution is -2.52. The summed E-state index contributed by atoms with van der Waals surface area (Å²) < 4.78 is 11.2.